The summed E-state index contributed by atoms with van der Waals surface area (Å²) in [5, 5.41) is 0. The number of halogens is 1. The third-order valence-electron chi connectivity index (χ3n) is 3.51. The zero-order valence-corrected chi connectivity index (χ0v) is 11.7. The van der Waals surface area contributed by atoms with Crippen LogP contribution in [-0.2, 0) is 9.29 Å². The molecule has 19 heavy (non-hydrogen) atoms. The van der Waals surface area contributed by atoms with Crippen LogP contribution >= 0.6 is 7.82 Å². The normalized spacial score (nSPS) is 19.9. The van der Waals surface area contributed by atoms with Gasteiger partial charge in [0, 0.05) is 0 Å². The van der Waals surface area contributed by atoms with Crippen LogP contribution in [0.2, 0.25) is 0 Å². The Labute approximate surface area is 112 Å². The van der Waals surface area contributed by atoms with E-state index in [-0.39, 0.29) is 5.75 Å². The molecule has 0 aromatic heterocycles. The van der Waals surface area contributed by atoms with Crippen LogP contribution in [0.25, 0.3) is 0 Å². The van der Waals surface area contributed by atoms with Gasteiger partial charge in [-0.2, -0.15) is 0 Å². The van der Waals surface area contributed by atoms with Crippen LogP contribution in [0, 0.1) is 6.92 Å². The van der Waals surface area contributed by atoms with Crippen molar-refractivity contribution in [3.8, 4) is 5.75 Å². The second-order valence-electron chi connectivity index (χ2n) is 5.01. The molecule has 0 amide bonds. The van der Waals surface area contributed by atoms with Crippen LogP contribution in [0.15, 0.2) is 18.2 Å². The van der Waals surface area contributed by atoms with E-state index in [0.29, 0.717) is 5.92 Å². The summed E-state index contributed by atoms with van der Waals surface area (Å²) in [7, 11) is -4.66. The van der Waals surface area contributed by atoms with E-state index in [1.54, 1.807) is 12.1 Å². The lowest BCUT2D eigenvalue weighted by Gasteiger charge is -2.24. The summed E-state index contributed by atoms with van der Waals surface area (Å²) in [6, 6.07) is 5.30. The van der Waals surface area contributed by atoms with Gasteiger partial charge in [-0.3, -0.25) is 4.89 Å². The Morgan fingerprint density at radius 2 is 2.00 bits per heavy atom. The molecule has 0 bridgehead atoms. The van der Waals surface area contributed by atoms with Crippen molar-refractivity contribution in [2.24, 2.45) is 0 Å². The lowest BCUT2D eigenvalue weighted by molar-refractivity contribution is -0.0364. The molecule has 1 aliphatic carbocycles. The van der Waals surface area contributed by atoms with Gasteiger partial charge in [0.25, 0.3) is 0 Å². The second-order valence-corrected chi connectivity index (χ2v) is 6.26. The summed E-state index contributed by atoms with van der Waals surface area (Å²) in [6.45, 7) is 1.94. The number of hydrogen-bond acceptors (Lipinski definition) is 3. The van der Waals surface area contributed by atoms with Crippen LogP contribution in [0.5, 0.6) is 5.75 Å². The average molecular weight is 288 g/mol. The van der Waals surface area contributed by atoms with E-state index in [0.717, 1.165) is 36.8 Å². The molecular formula is C13H18FO4P. The Morgan fingerprint density at radius 3 is 2.63 bits per heavy atom. The lowest BCUT2D eigenvalue weighted by Crippen LogP contribution is -2.07. The van der Waals surface area contributed by atoms with Crippen molar-refractivity contribution < 1.29 is 23.2 Å². The molecule has 106 valence electrons. The molecule has 0 heterocycles. The van der Waals surface area contributed by atoms with Gasteiger partial charge >= 0.3 is 7.82 Å². The fraction of sp³-hybridized carbons (Fsp3) is 0.538. The zero-order valence-electron chi connectivity index (χ0n) is 10.8. The van der Waals surface area contributed by atoms with Gasteiger partial charge in [0.05, 0.1) is 0 Å². The third kappa shape index (κ3) is 3.78. The van der Waals surface area contributed by atoms with Crippen LogP contribution < -0.4 is 4.52 Å². The SMILES string of the molecule is Cc1ccc(OP(=O)(O)OF)c(C2CCCCC2)c1. The van der Waals surface area contributed by atoms with Gasteiger partial charge in [-0.25, -0.2) is 4.57 Å². The molecule has 1 aliphatic rings. The van der Waals surface area contributed by atoms with E-state index in [1.807, 2.05) is 13.0 Å². The van der Waals surface area contributed by atoms with E-state index < -0.39 is 7.82 Å². The number of rotatable bonds is 4. The quantitative estimate of drug-likeness (QED) is 0.833. The van der Waals surface area contributed by atoms with Crippen molar-refractivity contribution in [3.63, 3.8) is 0 Å². The van der Waals surface area contributed by atoms with Crippen molar-refractivity contribution in [3.05, 3.63) is 29.3 Å². The average Bonchev–Trinajstić information content (AvgIpc) is 2.42. The minimum Gasteiger partial charge on any atom is -0.402 e. The molecule has 1 atom stereocenters. The second kappa shape index (κ2) is 6.04. The molecule has 1 aromatic rings. The highest BCUT2D eigenvalue weighted by Crippen LogP contribution is 2.47. The molecule has 1 N–H and O–H groups in total. The number of phosphoric ester groups is 1. The van der Waals surface area contributed by atoms with Crippen LogP contribution in [0.1, 0.15) is 49.1 Å². The number of phosphoric acid groups is 1. The first-order valence-electron chi connectivity index (χ1n) is 6.45. The molecule has 6 heteroatoms. The fourth-order valence-corrected chi connectivity index (χ4v) is 3.07. The Bertz CT molecular complexity index is 486. The monoisotopic (exact) mass is 288 g/mol. The van der Waals surface area contributed by atoms with Gasteiger partial charge in [-0.15, -0.1) is 0 Å². The number of hydrogen-bond donors (Lipinski definition) is 1. The highest BCUT2D eigenvalue weighted by Gasteiger charge is 2.27. The first-order chi connectivity index (χ1) is 9.02. The topological polar surface area (TPSA) is 55.8 Å². The Morgan fingerprint density at radius 1 is 1.32 bits per heavy atom. The molecule has 2 rings (SSSR count). The van der Waals surface area contributed by atoms with Gasteiger partial charge < -0.3 is 4.52 Å². The molecule has 0 aliphatic heterocycles. The molecule has 4 nitrogen and oxygen atoms in total. The standard InChI is InChI=1S/C13H18FO4P/c1-10-7-8-13(17-19(15,16)18-14)12(9-10)11-5-3-2-4-6-11/h7-9,11H,2-6H2,1H3,(H,15,16). The summed E-state index contributed by atoms with van der Waals surface area (Å²) in [4.78, 5) is 9.10. The molecule has 1 saturated carbocycles. The summed E-state index contributed by atoms with van der Waals surface area (Å²) in [5.41, 5.74) is 1.91. The minimum atomic E-state index is -4.66. The molecule has 1 fully saturated rings. The highest BCUT2D eigenvalue weighted by molar-refractivity contribution is 7.47. The van der Waals surface area contributed by atoms with E-state index in [1.165, 1.54) is 6.42 Å². The first-order valence-corrected chi connectivity index (χ1v) is 7.94. The maximum atomic E-state index is 12.0. The van der Waals surface area contributed by atoms with E-state index in [9.17, 15) is 9.09 Å². The zero-order chi connectivity index (χ0) is 13.9. The molecule has 0 radical (unpaired) electrons. The third-order valence-corrected chi connectivity index (χ3v) is 4.11. The summed E-state index contributed by atoms with van der Waals surface area (Å²) in [5.74, 6) is 0.532. The van der Waals surface area contributed by atoms with Crippen LogP contribution in [0.3, 0.4) is 0 Å². The van der Waals surface area contributed by atoms with Gasteiger partial charge in [0.2, 0.25) is 0 Å². The Kier molecular flexibility index (Phi) is 4.61. The maximum absolute atomic E-state index is 12.0. The minimum absolute atomic E-state index is 0.237. The fourth-order valence-electron chi connectivity index (χ4n) is 2.62. The highest BCUT2D eigenvalue weighted by atomic mass is 31.2. The van der Waals surface area contributed by atoms with Crippen molar-refractivity contribution in [1.82, 2.24) is 0 Å². The number of aryl methyl sites for hydroxylation is 1. The predicted molar refractivity (Wildman–Crippen MR) is 69.7 cm³/mol. The molecule has 1 aromatic carbocycles. The van der Waals surface area contributed by atoms with Gasteiger partial charge in [0.1, 0.15) is 5.75 Å². The van der Waals surface area contributed by atoms with Crippen molar-refractivity contribution in [2.45, 2.75) is 44.9 Å². The van der Waals surface area contributed by atoms with Crippen molar-refractivity contribution >= 4 is 7.82 Å². The molecule has 1 unspecified atom stereocenters. The maximum Gasteiger partial charge on any atom is 0.559 e. The van der Waals surface area contributed by atoms with Crippen LogP contribution in [-0.4, -0.2) is 4.89 Å². The van der Waals surface area contributed by atoms with Gasteiger partial charge in [-0.1, -0.05) is 41.7 Å². The molecule has 0 spiro atoms. The predicted octanol–water partition coefficient (Wildman–Crippen LogP) is 4.42. The Hall–Kier alpha value is -0.900. The van der Waals surface area contributed by atoms with Crippen LogP contribution in [0.4, 0.5) is 4.53 Å². The lowest BCUT2D eigenvalue weighted by atomic mass is 9.83. The van der Waals surface area contributed by atoms with E-state index >= 15 is 0 Å². The molecular weight excluding hydrogens is 270 g/mol. The van der Waals surface area contributed by atoms with Gasteiger partial charge in [0.15, 0.2) is 0 Å². The smallest absolute Gasteiger partial charge is 0.402 e. The largest absolute Gasteiger partial charge is 0.559 e. The van der Waals surface area contributed by atoms with Crippen molar-refractivity contribution in [1.29, 1.82) is 0 Å². The van der Waals surface area contributed by atoms with E-state index in [4.69, 9.17) is 9.42 Å². The van der Waals surface area contributed by atoms with Gasteiger partial charge in [-0.05, 0) is 41.8 Å². The number of benzene rings is 1. The van der Waals surface area contributed by atoms with E-state index in [2.05, 4.69) is 4.73 Å². The summed E-state index contributed by atoms with van der Waals surface area (Å²) < 4.78 is 31.0. The first kappa shape index (κ1) is 14.5. The molecule has 0 saturated heterocycles. The Balaban J connectivity index is 2.29. The van der Waals surface area contributed by atoms with Crippen molar-refractivity contribution in [2.75, 3.05) is 0 Å². The summed E-state index contributed by atoms with van der Waals surface area (Å²) in [6.07, 6.45) is 5.52. The summed E-state index contributed by atoms with van der Waals surface area (Å²) >= 11 is 0.